The van der Waals surface area contributed by atoms with Crippen LogP contribution in [0.1, 0.15) is 5.56 Å². The summed E-state index contributed by atoms with van der Waals surface area (Å²) in [6.07, 6.45) is 4.13. The predicted octanol–water partition coefficient (Wildman–Crippen LogP) is 2.43. The van der Waals surface area contributed by atoms with E-state index in [1.54, 1.807) is 17.8 Å². The highest BCUT2D eigenvalue weighted by Crippen LogP contribution is 2.28. The molecule has 0 spiro atoms. The minimum atomic E-state index is -1.11. The van der Waals surface area contributed by atoms with Crippen molar-refractivity contribution in [2.24, 2.45) is 0 Å². The Labute approximate surface area is 114 Å². The standard InChI is InChI=1S/C12H13NO5S/c1-19-7-6-18-11-4-2-9(3-5-12(14)15)8-10(11)13(16)17/h2-5,8H,6-7H2,1H3,(H,14,15)/b5-3+. The molecule has 0 radical (unpaired) electrons. The van der Waals surface area contributed by atoms with Crippen LogP contribution in [0.2, 0.25) is 0 Å². The molecule has 0 fully saturated rings. The molecule has 1 rings (SSSR count). The van der Waals surface area contributed by atoms with Crippen LogP contribution in [-0.2, 0) is 4.79 Å². The number of aliphatic carboxylic acids is 1. The molecule has 7 heteroatoms. The number of nitro benzene ring substituents is 1. The van der Waals surface area contributed by atoms with Gasteiger partial charge in [0.15, 0.2) is 5.75 Å². The Hall–Kier alpha value is -2.02. The number of hydrogen-bond donors (Lipinski definition) is 1. The number of carboxylic acid groups (broad SMARTS) is 1. The molecule has 0 unspecified atom stereocenters. The van der Waals surface area contributed by atoms with Crippen molar-refractivity contribution < 1.29 is 19.6 Å². The summed E-state index contributed by atoms with van der Waals surface area (Å²) in [7, 11) is 0. The van der Waals surface area contributed by atoms with Crippen LogP contribution in [0.25, 0.3) is 6.08 Å². The number of hydrogen-bond acceptors (Lipinski definition) is 5. The highest BCUT2D eigenvalue weighted by molar-refractivity contribution is 7.98. The monoisotopic (exact) mass is 283 g/mol. The van der Waals surface area contributed by atoms with Gasteiger partial charge in [-0.15, -0.1) is 0 Å². The quantitative estimate of drug-likeness (QED) is 0.358. The van der Waals surface area contributed by atoms with E-state index >= 15 is 0 Å². The largest absolute Gasteiger partial charge is 0.486 e. The molecule has 1 aromatic carbocycles. The van der Waals surface area contributed by atoms with Crippen LogP contribution in [0.15, 0.2) is 24.3 Å². The average molecular weight is 283 g/mol. The summed E-state index contributed by atoms with van der Waals surface area (Å²) in [6.45, 7) is 0.381. The lowest BCUT2D eigenvalue weighted by atomic mass is 10.1. The zero-order chi connectivity index (χ0) is 14.3. The van der Waals surface area contributed by atoms with E-state index in [-0.39, 0.29) is 11.4 Å². The van der Waals surface area contributed by atoms with Crippen molar-refractivity contribution in [3.63, 3.8) is 0 Å². The molecule has 0 aromatic heterocycles. The molecule has 0 heterocycles. The Kier molecular flexibility index (Phi) is 5.87. The number of nitro groups is 1. The van der Waals surface area contributed by atoms with Crippen LogP contribution < -0.4 is 4.74 Å². The lowest BCUT2D eigenvalue weighted by Crippen LogP contribution is -2.02. The van der Waals surface area contributed by atoms with Gasteiger partial charge in [-0.25, -0.2) is 4.79 Å². The molecule has 0 atom stereocenters. The second-order valence-electron chi connectivity index (χ2n) is 3.50. The first-order valence-corrected chi connectivity index (χ1v) is 6.75. The number of thioether (sulfide) groups is 1. The van der Waals surface area contributed by atoms with E-state index in [4.69, 9.17) is 9.84 Å². The van der Waals surface area contributed by atoms with Gasteiger partial charge in [-0.2, -0.15) is 11.8 Å². The van der Waals surface area contributed by atoms with Crippen LogP contribution in [0, 0.1) is 10.1 Å². The molecule has 19 heavy (non-hydrogen) atoms. The zero-order valence-corrected chi connectivity index (χ0v) is 11.1. The molecule has 6 nitrogen and oxygen atoms in total. The summed E-state index contributed by atoms with van der Waals surface area (Å²) in [6, 6.07) is 4.33. The Morgan fingerprint density at radius 1 is 1.58 bits per heavy atom. The Balaban J connectivity index is 2.94. The second-order valence-corrected chi connectivity index (χ2v) is 4.48. The lowest BCUT2D eigenvalue weighted by molar-refractivity contribution is -0.385. The SMILES string of the molecule is CSCCOc1ccc(/C=C/C(=O)O)cc1[N+](=O)[O-]. The van der Waals surface area contributed by atoms with Gasteiger partial charge >= 0.3 is 11.7 Å². The lowest BCUT2D eigenvalue weighted by Gasteiger charge is -2.06. The molecule has 0 saturated heterocycles. The molecule has 1 N–H and O–H groups in total. The van der Waals surface area contributed by atoms with E-state index in [1.807, 2.05) is 6.26 Å². The van der Waals surface area contributed by atoms with E-state index in [9.17, 15) is 14.9 Å². The Bertz CT molecular complexity index is 501. The van der Waals surface area contributed by atoms with Crippen LogP contribution in [-0.4, -0.2) is 34.6 Å². The highest BCUT2D eigenvalue weighted by atomic mass is 32.2. The van der Waals surface area contributed by atoms with Crippen molar-refractivity contribution in [2.45, 2.75) is 0 Å². The fourth-order valence-electron chi connectivity index (χ4n) is 1.31. The van der Waals surface area contributed by atoms with Gasteiger partial charge in [0, 0.05) is 17.9 Å². The molecular weight excluding hydrogens is 270 g/mol. The van der Waals surface area contributed by atoms with E-state index in [1.165, 1.54) is 18.2 Å². The third-order valence-electron chi connectivity index (χ3n) is 2.14. The maximum absolute atomic E-state index is 10.9. The van der Waals surface area contributed by atoms with Crippen molar-refractivity contribution in [3.05, 3.63) is 40.0 Å². The number of benzene rings is 1. The van der Waals surface area contributed by atoms with E-state index in [0.717, 1.165) is 11.8 Å². The van der Waals surface area contributed by atoms with Gasteiger partial charge in [0.25, 0.3) is 0 Å². The molecule has 1 aromatic rings. The van der Waals surface area contributed by atoms with Crippen LogP contribution in [0.5, 0.6) is 5.75 Å². The van der Waals surface area contributed by atoms with Gasteiger partial charge in [-0.05, 0) is 24.0 Å². The fraction of sp³-hybridized carbons (Fsp3) is 0.250. The summed E-state index contributed by atoms with van der Waals surface area (Å²) in [5, 5.41) is 19.4. The molecule has 0 amide bonds. The third-order valence-corrected chi connectivity index (χ3v) is 2.72. The van der Waals surface area contributed by atoms with Gasteiger partial charge in [0.2, 0.25) is 0 Å². The second kappa shape index (κ2) is 7.42. The Morgan fingerprint density at radius 2 is 2.32 bits per heavy atom. The van der Waals surface area contributed by atoms with Gasteiger partial charge in [-0.3, -0.25) is 10.1 Å². The summed E-state index contributed by atoms with van der Waals surface area (Å²) in [5.74, 6) is -0.188. The Morgan fingerprint density at radius 3 is 2.89 bits per heavy atom. The van der Waals surface area contributed by atoms with Crippen molar-refractivity contribution in [1.82, 2.24) is 0 Å². The summed E-state index contributed by atoms with van der Waals surface area (Å²) in [5.41, 5.74) is 0.264. The first kappa shape index (κ1) is 15.0. The number of rotatable bonds is 7. The molecular formula is C12H13NO5S. The maximum atomic E-state index is 10.9. The fourth-order valence-corrected chi connectivity index (χ4v) is 1.56. The van der Waals surface area contributed by atoms with E-state index in [0.29, 0.717) is 12.2 Å². The van der Waals surface area contributed by atoms with Crippen LogP contribution in [0.4, 0.5) is 5.69 Å². The van der Waals surface area contributed by atoms with Gasteiger partial charge in [0.1, 0.15) is 0 Å². The van der Waals surface area contributed by atoms with Crippen molar-refractivity contribution >= 4 is 29.5 Å². The van der Waals surface area contributed by atoms with Gasteiger partial charge in [-0.1, -0.05) is 6.07 Å². The average Bonchev–Trinajstić information content (AvgIpc) is 2.37. The van der Waals surface area contributed by atoms with E-state index < -0.39 is 10.9 Å². The highest BCUT2D eigenvalue weighted by Gasteiger charge is 2.15. The topological polar surface area (TPSA) is 89.7 Å². The number of carbonyl (C=O) groups is 1. The van der Waals surface area contributed by atoms with Crippen LogP contribution >= 0.6 is 11.8 Å². The van der Waals surface area contributed by atoms with Gasteiger partial charge < -0.3 is 9.84 Å². The number of nitrogens with zero attached hydrogens (tertiary/aromatic N) is 1. The zero-order valence-electron chi connectivity index (χ0n) is 10.2. The summed E-state index contributed by atoms with van der Waals surface area (Å²) in [4.78, 5) is 20.8. The first-order valence-electron chi connectivity index (χ1n) is 5.35. The van der Waals surface area contributed by atoms with Crippen molar-refractivity contribution in [2.75, 3.05) is 18.6 Å². The molecule has 102 valence electrons. The van der Waals surface area contributed by atoms with E-state index in [2.05, 4.69) is 0 Å². The maximum Gasteiger partial charge on any atom is 0.328 e. The summed E-state index contributed by atoms with van der Waals surface area (Å²) >= 11 is 1.58. The summed E-state index contributed by atoms with van der Waals surface area (Å²) < 4.78 is 5.32. The predicted molar refractivity (Wildman–Crippen MR) is 73.6 cm³/mol. The third kappa shape index (κ3) is 5.01. The first-order chi connectivity index (χ1) is 9.04. The normalized spacial score (nSPS) is 10.6. The minimum Gasteiger partial charge on any atom is -0.486 e. The molecule has 0 bridgehead atoms. The number of carboxylic acids is 1. The molecule has 0 saturated carbocycles. The molecule has 0 aliphatic carbocycles. The van der Waals surface area contributed by atoms with Gasteiger partial charge in [0.05, 0.1) is 11.5 Å². The number of ether oxygens (including phenoxy) is 1. The minimum absolute atomic E-state index is 0.173. The molecule has 0 aliphatic heterocycles. The van der Waals surface area contributed by atoms with Crippen molar-refractivity contribution in [1.29, 1.82) is 0 Å². The van der Waals surface area contributed by atoms with Crippen molar-refractivity contribution in [3.8, 4) is 5.75 Å². The smallest absolute Gasteiger partial charge is 0.328 e. The van der Waals surface area contributed by atoms with Crippen LogP contribution in [0.3, 0.4) is 0 Å². The molecule has 0 aliphatic rings.